The summed E-state index contributed by atoms with van der Waals surface area (Å²) in [6.07, 6.45) is 0. The number of amides is 1. The number of sulfone groups is 1. The smallest absolute Gasteiger partial charge is 0.242 e. The summed E-state index contributed by atoms with van der Waals surface area (Å²) in [6.45, 7) is 1.36. The summed E-state index contributed by atoms with van der Waals surface area (Å²) in [5.74, 6) is 0.127. The molecular formula is C18H20ClNO5S. The third-order valence-corrected chi connectivity index (χ3v) is 6.15. The normalized spacial score (nSPS) is 12.3. The van der Waals surface area contributed by atoms with Crippen LogP contribution in [0.3, 0.4) is 0 Å². The second-order valence-corrected chi connectivity index (χ2v) is 8.37. The van der Waals surface area contributed by atoms with Crippen molar-refractivity contribution in [3.05, 3.63) is 53.1 Å². The molecule has 140 valence electrons. The Balaban J connectivity index is 2.11. The molecule has 6 nitrogen and oxygen atoms in total. The number of hydrogen-bond acceptors (Lipinski definition) is 5. The number of rotatable bonds is 7. The van der Waals surface area contributed by atoms with Crippen molar-refractivity contribution in [1.29, 1.82) is 0 Å². The maximum absolute atomic E-state index is 12.6. The van der Waals surface area contributed by atoms with Gasteiger partial charge in [0.25, 0.3) is 0 Å². The van der Waals surface area contributed by atoms with Crippen LogP contribution >= 0.6 is 11.6 Å². The summed E-state index contributed by atoms with van der Waals surface area (Å²) in [7, 11) is -0.723. The maximum atomic E-state index is 12.6. The Morgan fingerprint density at radius 3 is 2.50 bits per heavy atom. The molecule has 0 heterocycles. The van der Waals surface area contributed by atoms with Crippen LogP contribution in [-0.2, 0) is 20.4 Å². The molecule has 0 aliphatic carbocycles. The predicted molar refractivity (Wildman–Crippen MR) is 102 cm³/mol. The van der Waals surface area contributed by atoms with Gasteiger partial charge in [-0.25, -0.2) is 8.42 Å². The van der Waals surface area contributed by atoms with Crippen molar-refractivity contribution in [2.24, 2.45) is 0 Å². The van der Waals surface area contributed by atoms with E-state index in [2.05, 4.69) is 5.32 Å². The van der Waals surface area contributed by atoms with E-state index in [9.17, 15) is 13.2 Å². The lowest BCUT2D eigenvalue weighted by molar-refractivity contribution is -0.115. The highest BCUT2D eigenvalue weighted by molar-refractivity contribution is 7.92. The van der Waals surface area contributed by atoms with Crippen molar-refractivity contribution in [2.45, 2.75) is 17.9 Å². The van der Waals surface area contributed by atoms with E-state index in [1.165, 1.54) is 27.2 Å². The van der Waals surface area contributed by atoms with E-state index < -0.39 is 21.0 Å². The predicted octanol–water partition coefficient (Wildman–Crippen LogP) is 3.30. The molecular weight excluding hydrogens is 378 g/mol. The Kier molecular flexibility index (Phi) is 6.50. The van der Waals surface area contributed by atoms with Gasteiger partial charge in [0.15, 0.2) is 9.84 Å². The molecule has 26 heavy (non-hydrogen) atoms. The minimum atomic E-state index is -3.71. The SMILES string of the molecule is COc1cccc(CS(=O)(=O)[C@H](C)C(=O)Nc2ccc(OC)c(Cl)c2)c1. The van der Waals surface area contributed by atoms with E-state index in [-0.39, 0.29) is 5.75 Å². The van der Waals surface area contributed by atoms with Crippen molar-refractivity contribution in [3.8, 4) is 11.5 Å². The second-order valence-electron chi connectivity index (χ2n) is 5.64. The highest BCUT2D eigenvalue weighted by Crippen LogP contribution is 2.27. The summed E-state index contributed by atoms with van der Waals surface area (Å²) in [5.41, 5.74) is 0.945. The first-order valence-electron chi connectivity index (χ1n) is 7.75. The number of halogens is 1. The number of anilines is 1. The topological polar surface area (TPSA) is 81.7 Å². The van der Waals surface area contributed by atoms with Crippen molar-refractivity contribution < 1.29 is 22.7 Å². The van der Waals surface area contributed by atoms with Crippen LogP contribution in [-0.4, -0.2) is 33.8 Å². The largest absolute Gasteiger partial charge is 0.497 e. The molecule has 0 fully saturated rings. The zero-order chi connectivity index (χ0) is 19.3. The van der Waals surface area contributed by atoms with Crippen LogP contribution in [0.1, 0.15) is 12.5 Å². The molecule has 2 aromatic rings. The summed E-state index contributed by atoms with van der Waals surface area (Å²) >= 11 is 6.01. The summed E-state index contributed by atoms with van der Waals surface area (Å²) in [4.78, 5) is 12.3. The van der Waals surface area contributed by atoms with E-state index >= 15 is 0 Å². The first kappa shape index (κ1) is 20.1. The Bertz CT molecular complexity index is 898. The Morgan fingerprint density at radius 1 is 1.15 bits per heavy atom. The molecule has 0 aliphatic heterocycles. The molecule has 0 radical (unpaired) electrons. The Morgan fingerprint density at radius 2 is 1.88 bits per heavy atom. The lowest BCUT2D eigenvalue weighted by Crippen LogP contribution is -2.33. The first-order chi connectivity index (χ1) is 12.3. The molecule has 0 saturated heterocycles. The molecule has 0 aromatic heterocycles. The number of benzene rings is 2. The zero-order valence-corrected chi connectivity index (χ0v) is 16.2. The van der Waals surface area contributed by atoms with Crippen molar-refractivity contribution in [3.63, 3.8) is 0 Å². The fourth-order valence-corrected chi connectivity index (χ4v) is 3.81. The number of carbonyl (C=O) groups is 1. The van der Waals surface area contributed by atoms with Crippen molar-refractivity contribution in [2.75, 3.05) is 19.5 Å². The summed E-state index contributed by atoms with van der Waals surface area (Å²) in [5, 5.41) is 1.66. The Hall–Kier alpha value is -2.25. The van der Waals surface area contributed by atoms with Gasteiger partial charge in [-0.2, -0.15) is 0 Å². The maximum Gasteiger partial charge on any atom is 0.242 e. The van der Waals surface area contributed by atoms with E-state index in [1.807, 2.05) is 0 Å². The van der Waals surface area contributed by atoms with Gasteiger partial charge in [0.2, 0.25) is 5.91 Å². The highest BCUT2D eigenvalue weighted by atomic mass is 35.5. The highest BCUT2D eigenvalue weighted by Gasteiger charge is 2.28. The monoisotopic (exact) mass is 397 g/mol. The fourth-order valence-electron chi connectivity index (χ4n) is 2.27. The molecule has 0 saturated carbocycles. The van der Waals surface area contributed by atoms with Gasteiger partial charge in [0.05, 0.1) is 25.0 Å². The van der Waals surface area contributed by atoms with Gasteiger partial charge in [-0.1, -0.05) is 23.7 Å². The average Bonchev–Trinajstić information content (AvgIpc) is 2.61. The number of nitrogens with one attached hydrogen (secondary N) is 1. The van der Waals surface area contributed by atoms with Crippen molar-refractivity contribution in [1.82, 2.24) is 0 Å². The third-order valence-electron chi connectivity index (χ3n) is 3.83. The second kappa shape index (κ2) is 8.42. The minimum absolute atomic E-state index is 0.262. The van der Waals surface area contributed by atoms with E-state index in [4.69, 9.17) is 21.1 Å². The summed E-state index contributed by atoms with van der Waals surface area (Å²) < 4.78 is 35.2. The van der Waals surface area contributed by atoms with E-state index in [1.54, 1.807) is 36.4 Å². The van der Waals surface area contributed by atoms with Gasteiger partial charge in [-0.3, -0.25) is 4.79 Å². The van der Waals surface area contributed by atoms with Crippen LogP contribution in [0.2, 0.25) is 5.02 Å². The standard InChI is InChI=1S/C18H20ClNO5S/c1-12(18(21)20-14-7-8-17(25-3)16(19)10-14)26(22,23)11-13-5-4-6-15(9-13)24-2/h4-10,12H,11H2,1-3H3,(H,20,21)/t12-/m1/s1. The zero-order valence-electron chi connectivity index (χ0n) is 14.7. The molecule has 0 spiro atoms. The number of ether oxygens (including phenoxy) is 2. The molecule has 2 aromatic carbocycles. The molecule has 2 rings (SSSR count). The van der Waals surface area contributed by atoms with E-state index in [0.29, 0.717) is 27.8 Å². The van der Waals surface area contributed by atoms with E-state index in [0.717, 1.165) is 0 Å². The van der Waals surface area contributed by atoms with Gasteiger partial charge in [-0.05, 0) is 42.8 Å². The third kappa shape index (κ3) is 4.89. The number of carbonyl (C=O) groups excluding carboxylic acids is 1. The quantitative estimate of drug-likeness (QED) is 0.775. The molecule has 1 amide bonds. The lowest BCUT2D eigenvalue weighted by atomic mass is 10.2. The van der Waals surface area contributed by atoms with Crippen LogP contribution in [0.5, 0.6) is 11.5 Å². The lowest BCUT2D eigenvalue weighted by Gasteiger charge is -2.14. The number of hydrogen-bond donors (Lipinski definition) is 1. The number of methoxy groups -OCH3 is 2. The van der Waals surface area contributed by atoms with Gasteiger partial charge in [-0.15, -0.1) is 0 Å². The van der Waals surface area contributed by atoms with Gasteiger partial charge in [0, 0.05) is 5.69 Å². The molecule has 0 aliphatic rings. The van der Waals surface area contributed by atoms with Gasteiger partial charge in [0.1, 0.15) is 16.7 Å². The Labute approximate surface area is 158 Å². The van der Waals surface area contributed by atoms with Crippen LogP contribution in [0.4, 0.5) is 5.69 Å². The molecule has 8 heteroatoms. The van der Waals surface area contributed by atoms with Crippen LogP contribution in [0, 0.1) is 0 Å². The molecule has 1 N–H and O–H groups in total. The molecule has 0 bridgehead atoms. The van der Waals surface area contributed by atoms with Crippen LogP contribution < -0.4 is 14.8 Å². The van der Waals surface area contributed by atoms with Crippen LogP contribution in [0.15, 0.2) is 42.5 Å². The van der Waals surface area contributed by atoms with Gasteiger partial charge >= 0.3 is 0 Å². The molecule has 0 unspecified atom stereocenters. The molecule has 1 atom stereocenters. The minimum Gasteiger partial charge on any atom is -0.497 e. The average molecular weight is 398 g/mol. The van der Waals surface area contributed by atoms with Crippen molar-refractivity contribution >= 4 is 33.0 Å². The fraction of sp³-hybridized carbons (Fsp3) is 0.278. The van der Waals surface area contributed by atoms with Gasteiger partial charge < -0.3 is 14.8 Å². The first-order valence-corrected chi connectivity index (χ1v) is 9.85. The summed E-state index contributed by atoms with van der Waals surface area (Å²) in [6, 6.07) is 11.4. The van der Waals surface area contributed by atoms with Crippen LogP contribution in [0.25, 0.3) is 0 Å².